The first-order chi connectivity index (χ1) is 15.1. The van der Waals surface area contributed by atoms with E-state index in [-0.39, 0.29) is 12.5 Å². The molecule has 0 aliphatic carbocycles. The van der Waals surface area contributed by atoms with Crippen molar-refractivity contribution in [3.05, 3.63) is 59.4 Å². The molecule has 1 aromatic heterocycles. The van der Waals surface area contributed by atoms with Gasteiger partial charge >= 0.3 is 0 Å². The first kappa shape index (κ1) is 22.8. The number of nitrogens with one attached hydrogen (secondary N) is 1. The predicted molar refractivity (Wildman–Crippen MR) is 124 cm³/mol. The van der Waals surface area contributed by atoms with E-state index in [1.54, 1.807) is 0 Å². The Labute approximate surface area is 184 Å². The number of ether oxygens (including phenoxy) is 2. The largest absolute Gasteiger partial charge is 0.494 e. The number of carbonyl (C=O) groups excluding carboxylic acids is 1. The second kappa shape index (κ2) is 11.5. The van der Waals surface area contributed by atoms with Crippen molar-refractivity contribution in [1.82, 2.24) is 14.9 Å². The Morgan fingerprint density at radius 1 is 1.06 bits per heavy atom. The molecule has 2 aromatic carbocycles. The molecule has 0 saturated carbocycles. The SMILES string of the molecule is COCC(=O)NCCCc1nc2ccccc2n1CCCCOc1cc(C)cc(C)c1. The molecule has 0 atom stereocenters. The highest BCUT2D eigenvalue weighted by Gasteiger charge is 2.10. The molecule has 0 radical (unpaired) electrons. The van der Waals surface area contributed by atoms with Gasteiger partial charge in [0.1, 0.15) is 18.2 Å². The lowest BCUT2D eigenvalue weighted by molar-refractivity contribution is -0.124. The molecule has 0 saturated heterocycles. The fraction of sp³-hybridized carbons (Fsp3) is 0.440. The van der Waals surface area contributed by atoms with E-state index in [4.69, 9.17) is 14.5 Å². The van der Waals surface area contributed by atoms with Gasteiger partial charge in [0.2, 0.25) is 5.91 Å². The van der Waals surface area contributed by atoms with Gasteiger partial charge in [0.25, 0.3) is 0 Å². The van der Waals surface area contributed by atoms with Gasteiger partial charge in [-0.1, -0.05) is 18.2 Å². The van der Waals surface area contributed by atoms with Crippen LogP contribution in [0.1, 0.15) is 36.2 Å². The maximum Gasteiger partial charge on any atom is 0.245 e. The third-order valence-corrected chi connectivity index (χ3v) is 5.15. The van der Waals surface area contributed by atoms with Crippen molar-refractivity contribution in [1.29, 1.82) is 0 Å². The van der Waals surface area contributed by atoms with Gasteiger partial charge in [0.05, 0.1) is 17.6 Å². The molecule has 1 amide bonds. The summed E-state index contributed by atoms with van der Waals surface area (Å²) >= 11 is 0. The smallest absolute Gasteiger partial charge is 0.245 e. The number of amides is 1. The van der Waals surface area contributed by atoms with Crippen LogP contribution in [0.3, 0.4) is 0 Å². The van der Waals surface area contributed by atoms with Crippen molar-refractivity contribution in [2.24, 2.45) is 0 Å². The highest BCUT2D eigenvalue weighted by molar-refractivity contribution is 5.77. The lowest BCUT2D eigenvalue weighted by atomic mass is 10.1. The average Bonchev–Trinajstić information content (AvgIpc) is 3.08. The van der Waals surface area contributed by atoms with Gasteiger partial charge in [-0.2, -0.15) is 0 Å². The van der Waals surface area contributed by atoms with Gasteiger partial charge < -0.3 is 19.4 Å². The maximum atomic E-state index is 11.5. The first-order valence-corrected chi connectivity index (χ1v) is 11.0. The molecule has 6 nitrogen and oxygen atoms in total. The first-order valence-electron chi connectivity index (χ1n) is 11.0. The summed E-state index contributed by atoms with van der Waals surface area (Å²) in [5, 5.41) is 2.87. The predicted octanol–water partition coefficient (Wildman–Crippen LogP) is 4.21. The summed E-state index contributed by atoms with van der Waals surface area (Å²) in [6.45, 7) is 6.51. The van der Waals surface area contributed by atoms with Crippen LogP contribution in [0.4, 0.5) is 0 Å². The number of carbonyl (C=O) groups is 1. The van der Waals surface area contributed by atoms with Crippen LogP contribution in [0.2, 0.25) is 0 Å². The minimum absolute atomic E-state index is 0.0835. The summed E-state index contributed by atoms with van der Waals surface area (Å²) in [6.07, 6.45) is 3.66. The Balaban J connectivity index is 1.52. The minimum atomic E-state index is -0.0835. The van der Waals surface area contributed by atoms with Crippen molar-refractivity contribution in [3.8, 4) is 5.75 Å². The molecular weight excluding hydrogens is 390 g/mol. The molecule has 0 aliphatic heterocycles. The highest BCUT2D eigenvalue weighted by atomic mass is 16.5. The summed E-state index contributed by atoms with van der Waals surface area (Å²) in [5.41, 5.74) is 4.63. The van der Waals surface area contributed by atoms with Crippen LogP contribution in [0.25, 0.3) is 11.0 Å². The van der Waals surface area contributed by atoms with Gasteiger partial charge in [-0.25, -0.2) is 4.98 Å². The molecule has 0 spiro atoms. The van der Waals surface area contributed by atoms with Gasteiger partial charge in [0, 0.05) is 26.6 Å². The van der Waals surface area contributed by atoms with Crippen molar-refractivity contribution in [3.63, 3.8) is 0 Å². The molecule has 3 rings (SSSR count). The Hall–Kier alpha value is -2.86. The van der Waals surface area contributed by atoms with E-state index in [0.717, 1.165) is 54.8 Å². The van der Waals surface area contributed by atoms with Crippen LogP contribution in [-0.4, -0.2) is 42.3 Å². The number of hydrogen-bond donors (Lipinski definition) is 1. The standard InChI is InChI=1S/C25H33N3O3/c1-19-15-20(2)17-21(16-19)31-14-7-6-13-28-23-10-5-4-9-22(23)27-24(28)11-8-12-26-25(29)18-30-3/h4-5,9-10,15-17H,6-8,11-14,18H2,1-3H3,(H,26,29). The van der Waals surface area contributed by atoms with Crippen molar-refractivity contribution < 1.29 is 14.3 Å². The zero-order valence-electron chi connectivity index (χ0n) is 18.8. The number of imidazole rings is 1. The van der Waals surface area contributed by atoms with Gasteiger partial charge in [-0.15, -0.1) is 0 Å². The molecule has 166 valence electrons. The summed E-state index contributed by atoms with van der Waals surface area (Å²) in [4.78, 5) is 16.4. The fourth-order valence-electron chi connectivity index (χ4n) is 3.80. The van der Waals surface area contributed by atoms with Crippen molar-refractivity contribution >= 4 is 16.9 Å². The van der Waals surface area contributed by atoms with Crippen LogP contribution in [0.5, 0.6) is 5.75 Å². The van der Waals surface area contributed by atoms with Crippen molar-refractivity contribution in [2.75, 3.05) is 26.9 Å². The van der Waals surface area contributed by atoms with E-state index >= 15 is 0 Å². The lowest BCUT2D eigenvalue weighted by Crippen LogP contribution is -2.28. The van der Waals surface area contributed by atoms with Crippen LogP contribution in [-0.2, 0) is 22.5 Å². The number of rotatable bonds is 12. The average molecular weight is 424 g/mol. The van der Waals surface area contributed by atoms with E-state index in [9.17, 15) is 4.79 Å². The summed E-state index contributed by atoms with van der Waals surface area (Å²) in [7, 11) is 1.52. The number of nitrogens with zero attached hydrogens (tertiary/aromatic N) is 2. The van der Waals surface area contributed by atoms with Crippen LogP contribution >= 0.6 is 0 Å². The van der Waals surface area contributed by atoms with Crippen LogP contribution in [0, 0.1) is 13.8 Å². The topological polar surface area (TPSA) is 65.4 Å². The van der Waals surface area contributed by atoms with Gasteiger partial charge in [-0.05, 0) is 68.5 Å². The summed E-state index contributed by atoms with van der Waals surface area (Å²) < 4.78 is 13.1. The molecule has 1 N–H and O–H groups in total. The second-order valence-electron chi connectivity index (χ2n) is 7.93. The number of aromatic nitrogens is 2. The number of aryl methyl sites for hydroxylation is 4. The van der Waals surface area contributed by atoms with E-state index in [1.165, 1.54) is 18.2 Å². The van der Waals surface area contributed by atoms with Gasteiger partial charge in [-0.3, -0.25) is 4.79 Å². The number of para-hydroxylation sites is 2. The molecule has 1 heterocycles. The van der Waals surface area contributed by atoms with Crippen molar-refractivity contribution in [2.45, 2.75) is 46.1 Å². The quantitative estimate of drug-likeness (QED) is 0.443. The fourth-order valence-corrected chi connectivity index (χ4v) is 3.80. The molecule has 0 aliphatic rings. The Kier molecular flexibility index (Phi) is 8.47. The number of methoxy groups -OCH3 is 1. The third kappa shape index (κ3) is 6.82. The number of hydrogen-bond acceptors (Lipinski definition) is 4. The molecule has 31 heavy (non-hydrogen) atoms. The zero-order chi connectivity index (χ0) is 22.1. The summed E-state index contributed by atoms with van der Waals surface area (Å²) in [6, 6.07) is 14.6. The third-order valence-electron chi connectivity index (χ3n) is 5.15. The maximum absolute atomic E-state index is 11.5. The molecule has 0 bridgehead atoms. The normalized spacial score (nSPS) is 11.1. The molecular formula is C25H33N3O3. The Bertz CT molecular complexity index is 977. The molecule has 0 unspecified atom stereocenters. The van der Waals surface area contributed by atoms with Crippen LogP contribution < -0.4 is 10.1 Å². The Morgan fingerprint density at radius 2 is 1.84 bits per heavy atom. The summed E-state index contributed by atoms with van der Waals surface area (Å²) in [5.74, 6) is 1.93. The lowest BCUT2D eigenvalue weighted by Gasteiger charge is -2.11. The monoisotopic (exact) mass is 423 g/mol. The number of benzene rings is 2. The molecule has 0 fully saturated rings. The highest BCUT2D eigenvalue weighted by Crippen LogP contribution is 2.19. The van der Waals surface area contributed by atoms with Gasteiger partial charge in [0.15, 0.2) is 0 Å². The number of fused-ring (bicyclic) bond motifs is 1. The zero-order valence-corrected chi connectivity index (χ0v) is 18.8. The molecule has 3 aromatic rings. The minimum Gasteiger partial charge on any atom is -0.494 e. The Morgan fingerprint density at radius 3 is 2.61 bits per heavy atom. The van der Waals surface area contributed by atoms with E-state index in [0.29, 0.717) is 13.2 Å². The van der Waals surface area contributed by atoms with E-state index in [2.05, 4.69) is 60.1 Å². The van der Waals surface area contributed by atoms with E-state index in [1.807, 2.05) is 6.07 Å². The molecule has 6 heteroatoms. The number of unbranched alkanes of at least 4 members (excludes halogenated alkanes) is 1. The second-order valence-corrected chi connectivity index (χ2v) is 7.93. The van der Waals surface area contributed by atoms with E-state index < -0.39 is 0 Å². The van der Waals surface area contributed by atoms with Crippen LogP contribution in [0.15, 0.2) is 42.5 Å².